The average molecular weight is 323 g/mol. The molecule has 0 atom stereocenters. The molecule has 23 heavy (non-hydrogen) atoms. The number of hydrogen-bond acceptors (Lipinski definition) is 3. The highest BCUT2D eigenvalue weighted by Gasteiger charge is 2.30. The zero-order valence-corrected chi connectivity index (χ0v) is 12.5. The molecular weight excluding hydrogens is 307 g/mol. The van der Waals surface area contributed by atoms with Gasteiger partial charge in [0.25, 0.3) is 5.91 Å². The first-order valence-electron chi connectivity index (χ1n) is 7.15. The SMILES string of the molecule is CCc1ncc(C(=O)NCCc2cccc(C(F)(F)F)c2)cn1. The topological polar surface area (TPSA) is 54.9 Å². The molecule has 0 saturated carbocycles. The van der Waals surface area contributed by atoms with Crippen molar-refractivity contribution in [3.8, 4) is 0 Å². The van der Waals surface area contributed by atoms with Crippen LogP contribution in [0.4, 0.5) is 13.2 Å². The van der Waals surface area contributed by atoms with E-state index in [0.717, 1.165) is 12.1 Å². The number of aryl methyl sites for hydroxylation is 1. The Bertz CT molecular complexity index is 669. The highest BCUT2D eigenvalue weighted by molar-refractivity contribution is 5.93. The Labute approximate surface area is 131 Å². The van der Waals surface area contributed by atoms with Crippen LogP contribution in [0.15, 0.2) is 36.7 Å². The number of hydrogen-bond donors (Lipinski definition) is 1. The van der Waals surface area contributed by atoms with Crippen molar-refractivity contribution in [2.75, 3.05) is 6.54 Å². The molecule has 122 valence electrons. The summed E-state index contributed by atoms with van der Waals surface area (Å²) in [4.78, 5) is 19.9. The highest BCUT2D eigenvalue weighted by atomic mass is 19.4. The largest absolute Gasteiger partial charge is 0.416 e. The van der Waals surface area contributed by atoms with Crippen LogP contribution in [0.2, 0.25) is 0 Å². The molecule has 1 amide bonds. The van der Waals surface area contributed by atoms with E-state index in [-0.39, 0.29) is 12.5 Å². The number of nitrogens with one attached hydrogen (secondary N) is 1. The lowest BCUT2D eigenvalue weighted by Gasteiger charge is -2.09. The van der Waals surface area contributed by atoms with Crippen LogP contribution in [-0.2, 0) is 19.0 Å². The van der Waals surface area contributed by atoms with E-state index in [9.17, 15) is 18.0 Å². The Balaban J connectivity index is 1.90. The molecule has 2 aromatic rings. The van der Waals surface area contributed by atoms with Crippen LogP contribution in [0.25, 0.3) is 0 Å². The van der Waals surface area contributed by atoms with Gasteiger partial charge in [0, 0.05) is 25.4 Å². The van der Waals surface area contributed by atoms with E-state index in [1.165, 1.54) is 18.5 Å². The molecule has 1 N–H and O–H groups in total. The molecule has 0 spiro atoms. The van der Waals surface area contributed by atoms with Crippen LogP contribution in [0.3, 0.4) is 0 Å². The van der Waals surface area contributed by atoms with Crippen LogP contribution in [0.5, 0.6) is 0 Å². The van der Waals surface area contributed by atoms with Crippen molar-refractivity contribution in [1.82, 2.24) is 15.3 Å². The average Bonchev–Trinajstić information content (AvgIpc) is 2.54. The van der Waals surface area contributed by atoms with Gasteiger partial charge in [-0.25, -0.2) is 9.97 Å². The summed E-state index contributed by atoms with van der Waals surface area (Å²) in [6.07, 6.45) is -0.504. The normalized spacial score (nSPS) is 11.3. The number of nitrogens with zero attached hydrogens (tertiary/aromatic N) is 2. The minimum absolute atomic E-state index is 0.232. The van der Waals surface area contributed by atoms with E-state index in [0.29, 0.717) is 29.8 Å². The van der Waals surface area contributed by atoms with E-state index >= 15 is 0 Å². The Morgan fingerprint density at radius 1 is 1.22 bits per heavy atom. The highest BCUT2D eigenvalue weighted by Crippen LogP contribution is 2.29. The standard InChI is InChI=1S/C16H16F3N3O/c1-2-14-21-9-12(10-22-14)15(23)20-7-6-11-4-3-5-13(8-11)16(17,18)19/h3-5,8-10H,2,6-7H2,1H3,(H,20,23). The van der Waals surface area contributed by atoms with E-state index in [2.05, 4.69) is 15.3 Å². The summed E-state index contributed by atoms with van der Waals surface area (Å²) in [6.45, 7) is 2.14. The maximum absolute atomic E-state index is 12.6. The molecule has 2 rings (SSSR count). The van der Waals surface area contributed by atoms with Crippen molar-refractivity contribution >= 4 is 5.91 Å². The number of carbonyl (C=O) groups excluding carboxylic acids is 1. The van der Waals surface area contributed by atoms with Gasteiger partial charge in [-0.05, 0) is 18.1 Å². The number of benzene rings is 1. The smallest absolute Gasteiger partial charge is 0.352 e. The van der Waals surface area contributed by atoms with Crippen molar-refractivity contribution in [2.45, 2.75) is 25.9 Å². The summed E-state index contributed by atoms with van der Waals surface area (Å²) >= 11 is 0. The van der Waals surface area contributed by atoms with Crippen molar-refractivity contribution in [3.05, 3.63) is 59.2 Å². The second kappa shape index (κ2) is 7.21. The van der Waals surface area contributed by atoms with E-state index in [1.807, 2.05) is 6.92 Å². The van der Waals surface area contributed by atoms with Gasteiger partial charge in [0.15, 0.2) is 0 Å². The lowest BCUT2D eigenvalue weighted by atomic mass is 10.1. The predicted molar refractivity (Wildman–Crippen MR) is 78.9 cm³/mol. The molecule has 1 aromatic carbocycles. The lowest BCUT2D eigenvalue weighted by molar-refractivity contribution is -0.137. The predicted octanol–water partition coefficient (Wildman–Crippen LogP) is 3.03. The minimum atomic E-state index is -4.36. The number of halogens is 3. The summed E-state index contributed by atoms with van der Waals surface area (Å²) in [5.74, 6) is 0.296. The maximum atomic E-state index is 12.6. The summed E-state index contributed by atoms with van der Waals surface area (Å²) in [5.41, 5.74) is 0.147. The van der Waals surface area contributed by atoms with Gasteiger partial charge >= 0.3 is 6.18 Å². The third-order valence-electron chi connectivity index (χ3n) is 3.24. The number of amides is 1. The monoisotopic (exact) mass is 323 g/mol. The molecule has 0 bridgehead atoms. The van der Waals surface area contributed by atoms with Crippen LogP contribution < -0.4 is 5.32 Å². The summed E-state index contributed by atoms with van der Waals surface area (Å²) in [5, 5.41) is 2.64. The molecule has 7 heteroatoms. The molecule has 1 aromatic heterocycles. The summed E-state index contributed by atoms with van der Waals surface area (Å²) < 4.78 is 37.9. The first kappa shape index (κ1) is 16.9. The Morgan fingerprint density at radius 3 is 2.52 bits per heavy atom. The van der Waals surface area contributed by atoms with Gasteiger partial charge in [-0.1, -0.05) is 25.1 Å². The minimum Gasteiger partial charge on any atom is -0.352 e. The summed E-state index contributed by atoms with van der Waals surface area (Å²) in [6, 6.07) is 5.07. The van der Waals surface area contributed by atoms with Crippen molar-refractivity contribution < 1.29 is 18.0 Å². The number of aromatic nitrogens is 2. The van der Waals surface area contributed by atoms with Gasteiger partial charge in [0.2, 0.25) is 0 Å². The van der Waals surface area contributed by atoms with E-state index in [1.54, 1.807) is 6.07 Å². The molecule has 0 saturated heterocycles. The Hall–Kier alpha value is -2.44. The molecule has 0 unspecified atom stereocenters. The first-order valence-corrected chi connectivity index (χ1v) is 7.15. The van der Waals surface area contributed by atoms with Gasteiger partial charge in [0.05, 0.1) is 11.1 Å². The quantitative estimate of drug-likeness (QED) is 0.920. The fourth-order valence-electron chi connectivity index (χ4n) is 1.98. The van der Waals surface area contributed by atoms with Crippen molar-refractivity contribution in [2.24, 2.45) is 0 Å². The van der Waals surface area contributed by atoms with Gasteiger partial charge in [-0.2, -0.15) is 13.2 Å². The molecule has 0 aliphatic heterocycles. The van der Waals surface area contributed by atoms with Gasteiger partial charge in [-0.3, -0.25) is 4.79 Å². The fourth-order valence-corrected chi connectivity index (χ4v) is 1.98. The van der Waals surface area contributed by atoms with Crippen LogP contribution in [-0.4, -0.2) is 22.4 Å². The number of alkyl halides is 3. The van der Waals surface area contributed by atoms with Crippen LogP contribution in [0.1, 0.15) is 34.2 Å². The second-order valence-corrected chi connectivity index (χ2v) is 4.95. The third-order valence-corrected chi connectivity index (χ3v) is 3.24. The molecule has 1 heterocycles. The Kier molecular flexibility index (Phi) is 5.31. The van der Waals surface area contributed by atoms with Crippen LogP contribution >= 0.6 is 0 Å². The second-order valence-electron chi connectivity index (χ2n) is 4.95. The molecule has 0 radical (unpaired) electrons. The third kappa shape index (κ3) is 4.77. The number of carbonyl (C=O) groups is 1. The van der Waals surface area contributed by atoms with E-state index in [4.69, 9.17) is 0 Å². The zero-order valence-electron chi connectivity index (χ0n) is 12.5. The molecule has 0 aliphatic carbocycles. The maximum Gasteiger partial charge on any atom is 0.416 e. The van der Waals surface area contributed by atoms with Gasteiger partial charge < -0.3 is 5.32 Å². The van der Waals surface area contributed by atoms with Crippen LogP contribution in [0, 0.1) is 0 Å². The molecule has 0 aliphatic rings. The zero-order chi connectivity index (χ0) is 16.9. The number of rotatable bonds is 5. The fraction of sp³-hybridized carbons (Fsp3) is 0.312. The van der Waals surface area contributed by atoms with Gasteiger partial charge in [0.1, 0.15) is 5.82 Å². The van der Waals surface area contributed by atoms with E-state index < -0.39 is 11.7 Å². The molecular formula is C16H16F3N3O. The van der Waals surface area contributed by atoms with Crippen molar-refractivity contribution in [1.29, 1.82) is 0 Å². The van der Waals surface area contributed by atoms with Crippen molar-refractivity contribution in [3.63, 3.8) is 0 Å². The Morgan fingerprint density at radius 2 is 1.91 bits per heavy atom. The van der Waals surface area contributed by atoms with Gasteiger partial charge in [-0.15, -0.1) is 0 Å². The summed E-state index contributed by atoms with van der Waals surface area (Å²) in [7, 11) is 0. The first-order chi connectivity index (χ1) is 10.9. The molecule has 4 nitrogen and oxygen atoms in total. The molecule has 0 fully saturated rings. The lowest BCUT2D eigenvalue weighted by Crippen LogP contribution is -2.26.